The van der Waals surface area contributed by atoms with Gasteiger partial charge in [-0.3, -0.25) is 14.5 Å². The van der Waals surface area contributed by atoms with Crippen molar-refractivity contribution in [2.45, 2.75) is 33.6 Å². The van der Waals surface area contributed by atoms with Gasteiger partial charge in [-0.25, -0.2) is 0 Å². The van der Waals surface area contributed by atoms with E-state index >= 15 is 0 Å². The van der Waals surface area contributed by atoms with Crippen LogP contribution in [0.15, 0.2) is 18.2 Å². The predicted octanol–water partition coefficient (Wildman–Crippen LogP) is 1.61. The summed E-state index contributed by atoms with van der Waals surface area (Å²) in [6.45, 7) is 10.4. The normalized spacial score (nSPS) is 14.9. The van der Waals surface area contributed by atoms with Crippen LogP contribution in [0.1, 0.15) is 31.9 Å². The third-order valence-electron chi connectivity index (χ3n) is 4.77. The number of para-hydroxylation sites is 1. The summed E-state index contributed by atoms with van der Waals surface area (Å²) in [5.41, 5.74) is 3.09. The van der Waals surface area contributed by atoms with E-state index in [0.717, 1.165) is 62.5 Å². The van der Waals surface area contributed by atoms with Gasteiger partial charge in [0.25, 0.3) is 0 Å². The molecule has 0 aliphatic carbocycles. The lowest BCUT2D eigenvalue weighted by Gasteiger charge is -2.27. The van der Waals surface area contributed by atoms with Crippen LogP contribution >= 0.6 is 0 Å². The quantitative estimate of drug-likeness (QED) is 0.764. The van der Waals surface area contributed by atoms with Crippen LogP contribution in [-0.2, 0) is 27.2 Å². The second-order valence-corrected chi connectivity index (χ2v) is 6.54. The first kappa shape index (κ1) is 20.4. The zero-order chi connectivity index (χ0) is 18.9. The Hall–Kier alpha value is -1.92. The molecule has 1 aliphatic heterocycles. The van der Waals surface area contributed by atoms with Crippen LogP contribution in [0.4, 0.5) is 5.69 Å². The third kappa shape index (κ3) is 5.54. The van der Waals surface area contributed by atoms with Gasteiger partial charge in [-0.2, -0.15) is 0 Å². The Bertz CT molecular complexity index is 590. The fourth-order valence-electron chi connectivity index (χ4n) is 3.29. The highest BCUT2D eigenvalue weighted by molar-refractivity contribution is 5.98. The van der Waals surface area contributed by atoms with Gasteiger partial charge in [-0.15, -0.1) is 0 Å². The van der Waals surface area contributed by atoms with E-state index in [1.54, 1.807) is 4.90 Å². The number of anilines is 1. The average molecular weight is 361 g/mol. The average Bonchev–Trinajstić information content (AvgIpc) is 2.66. The summed E-state index contributed by atoms with van der Waals surface area (Å²) in [7, 11) is 0. The van der Waals surface area contributed by atoms with Gasteiger partial charge in [0, 0.05) is 33.1 Å². The van der Waals surface area contributed by atoms with E-state index in [1.165, 1.54) is 6.92 Å². The van der Waals surface area contributed by atoms with E-state index in [4.69, 9.17) is 4.74 Å². The number of nitrogens with zero attached hydrogens (tertiary/aromatic N) is 2. The Labute approximate surface area is 156 Å². The number of aryl methyl sites for hydroxylation is 2. The summed E-state index contributed by atoms with van der Waals surface area (Å²) >= 11 is 0. The Balaban J connectivity index is 1.99. The first-order chi connectivity index (χ1) is 12.6. The van der Waals surface area contributed by atoms with Crippen LogP contribution in [0.25, 0.3) is 0 Å². The van der Waals surface area contributed by atoms with E-state index in [1.807, 2.05) is 18.2 Å². The molecule has 0 bridgehead atoms. The van der Waals surface area contributed by atoms with E-state index in [2.05, 4.69) is 24.1 Å². The fraction of sp³-hybridized carbons (Fsp3) is 0.600. The SMILES string of the molecule is CCc1cccc(CC)c1N(CC(=O)NCCN1CCOCC1)C(C)=O. The van der Waals surface area contributed by atoms with Crippen molar-refractivity contribution in [3.8, 4) is 0 Å². The van der Waals surface area contributed by atoms with Crippen molar-refractivity contribution in [3.63, 3.8) is 0 Å². The van der Waals surface area contributed by atoms with Gasteiger partial charge in [-0.05, 0) is 24.0 Å². The molecule has 2 amide bonds. The van der Waals surface area contributed by atoms with Crippen LogP contribution < -0.4 is 10.2 Å². The zero-order valence-electron chi connectivity index (χ0n) is 16.2. The highest BCUT2D eigenvalue weighted by atomic mass is 16.5. The van der Waals surface area contributed by atoms with Gasteiger partial charge in [0.05, 0.1) is 18.9 Å². The molecule has 6 heteroatoms. The summed E-state index contributed by atoms with van der Waals surface area (Å²) in [5, 5.41) is 2.94. The van der Waals surface area contributed by atoms with Gasteiger partial charge < -0.3 is 15.0 Å². The molecule has 0 radical (unpaired) electrons. The molecule has 1 aromatic rings. The zero-order valence-corrected chi connectivity index (χ0v) is 16.2. The van der Waals surface area contributed by atoms with Crippen molar-refractivity contribution in [2.75, 3.05) is 50.8 Å². The second-order valence-electron chi connectivity index (χ2n) is 6.54. The Morgan fingerprint density at radius 2 is 1.77 bits per heavy atom. The lowest BCUT2D eigenvalue weighted by molar-refractivity contribution is -0.123. The maximum Gasteiger partial charge on any atom is 0.240 e. The number of carbonyl (C=O) groups excluding carboxylic acids is 2. The summed E-state index contributed by atoms with van der Waals surface area (Å²) < 4.78 is 5.33. The third-order valence-corrected chi connectivity index (χ3v) is 4.77. The van der Waals surface area contributed by atoms with Gasteiger partial charge >= 0.3 is 0 Å². The number of hydrogen-bond acceptors (Lipinski definition) is 4. The molecule has 0 aromatic heterocycles. The highest BCUT2D eigenvalue weighted by Crippen LogP contribution is 2.27. The molecule has 2 rings (SSSR count). The van der Waals surface area contributed by atoms with Gasteiger partial charge in [0.2, 0.25) is 11.8 Å². The smallest absolute Gasteiger partial charge is 0.240 e. The number of morpholine rings is 1. The number of carbonyl (C=O) groups is 2. The highest BCUT2D eigenvalue weighted by Gasteiger charge is 2.21. The number of amides is 2. The van der Waals surface area contributed by atoms with Crippen molar-refractivity contribution < 1.29 is 14.3 Å². The second kappa shape index (κ2) is 10.3. The van der Waals surface area contributed by atoms with Crippen molar-refractivity contribution in [2.24, 2.45) is 0 Å². The van der Waals surface area contributed by atoms with Gasteiger partial charge in [-0.1, -0.05) is 32.0 Å². The summed E-state index contributed by atoms with van der Waals surface area (Å²) in [6, 6.07) is 6.07. The van der Waals surface area contributed by atoms with Crippen molar-refractivity contribution in [1.82, 2.24) is 10.2 Å². The molecule has 1 fully saturated rings. The lowest BCUT2D eigenvalue weighted by atomic mass is 10.0. The first-order valence-corrected chi connectivity index (χ1v) is 9.52. The molecular formula is C20H31N3O3. The standard InChI is InChI=1S/C20H31N3O3/c1-4-17-7-6-8-18(5-2)20(17)23(16(3)24)15-19(25)21-9-10-22-11-13-26-14-12-22/h6-8H,4-5,9-15H2,1-3H3,(H,21,25). The maximum absolute atomic E-state index is 12.4. The minimum Gasteiger partial charge on any atom is -0.379 e. The minimum absolute atomic E-state index is 0.0580. The molecule has 26 heavy (non-hydrogen) atoms. The number of ether oxygens (including phenoxy) is 1. The number of hydrogen-bond donors (Lipinski definition) is 1. The van der Waals surface area contributed by atoms with Gasteiger partial charge in [0.1, 0.15) is 6.54 Å². The van der Waals surface area contributed by atoms with Crippen molar-refractivity contribution >= 4 is 17.5 Å². The van der Waals surface area contributed by atoms with Crippen LogP contribution in [0.5, 0.6) is 0 Å². The van der Waals surface area contributed by atoms with Crippen LogP contribution in [-0.4, -0.2) is 62.7 Å². The van der Waals surface area contributed by atoms with E-state index in [9.17, 15) is 9.59 Å². The largest absolute Gasteiger partial charge is 0.379 e. The molecule has 0 saturated carbocycles. The molecule has 144 valence electrons. The first-order valence-electron chi connectivity index (χ1n) is 9.52. The Morgan fingerprint density at radius 3 is 2.31 bits per heavy atom. The molecule has 1 aromatic carbocycles. The Kier molecular flexibility index (Phi) is 8.06. The molecule has 1 heterocycles. The molecule has 1 N–H and O–H groups in total. The summed E-state index contributed by atoms with van der Waals surface area (Å²) in [4.78, 5) is 28.6. The van der Waals surface area contributed by atoms with Crippen molar-refractivity contribution in [3.05, 3.63) is 29.3 Å². The van der Waals surface area contributed by atoms with Crippen LogP contribution in [0.3, 0.4) is 0 Å². The molecule has 0 atom stereocenters. The van der Waals surface area contributed by atoms with E-state index < -0.39 is 0 Å². The predicted molar refractivity (Wildman–Crippen MR) is 103 cm³/mol. The van der Waals surface area contributed by atoms with E-state index in [-0.39, 0.29) is 18.4 Å². The monoisotopic (exact) mass is 361 g/mol. The topological polar surface area (TPSA) is 61.9 Å². The molecule has 1 aliphatic rings. The maximum atomic E-state index is 12.4. The molecule has 0 unspecified atom stereocenters. The Morgan fingerprint density at radius 1 is 1.15 bits per heavy atom. The molecular weight excluding hydrogens is 330 g/mol. The summed E-state index contributed by atoms with van der Waals surface area (Å²) in [6.07, 6.45) is 1.65. The number of nitrogens with one attached hydrogen (secondary N) is 1. The minimum atomic E-state index is -0.124. The van der Waals surface area contributed by atoms with Crippen LogP contribution in [0, 0.1) is 0 Å². The molecule has 0 spiro atoms. The van der Waals surface area contributed by atoms with E-state index in [0.29, 0.717) is 6.54 Å². The van der Waals surface area contributed by atoms with Crippen LogP contribution in [0.2, 0.25) is 0 Å². The van der Waals surface area contributed by atoms with Crippen molar-refractivity contribution in [1.29, 1.82) is 0 Å². The summed E-state index contributed by atoms with van der Waals surface area (Å²) in [5.74, 6) is -0.231. The van der Waals surface area contributed by atoms with Gasteiger partial charge in [0.15, 0.2) is 0 Å². The number of benzene rings is 1. The lowest BCUT2D eigenvalue weighted by Crippen LogP contribution is -2.44. The number of rotatable bonds is 8. The molecule has 1 saturated heterocycles. The fourth-order valence-corrected chi connectivity index (χ4v) is 3.29. The molecule has 6 nitrogen and oxygen atoms in total.